The number of rotatable bonds is 6. The largest absolute Gasteiger partial charge is 0.496 e. The van der Waals surface area contributed by atoms with Gasteiger partial charge in [0.25, 0.3) is 0 Å². The third kappa shape index (κ3) is 3.83. The summed E-state index contributed by atoms with van der Waals surface area (Å²) in [4.78, 5) is 23.3. The first kappa shape index (κ1) is 20.5. The number of carbonyl (C=O) groups is 2. The number of aliphatic carboxylic acids is 1. The van der Waals surface area contributed by atoms with Crippen LogP contribution in [0.1, 0.15) is 56.1 Å². The van der Waals surface area contributed by atoms with Crippen molar-refractivity contribution in [3.8, 4) is 5.75 Å². The molecule has 5 nitrogen and oxygen atoms in total. The third-order valence-corrected chi connectivity index (χ3v) is 7.73. The summed E-state index contributed by atoms with van der Waals surface area (Å²) in [6, 6.07) is 4.05. The molecular weight excluding hydrogens is 436 g/mol. The second-order valence-electron chi connectivity index (χ2n) is 9.00. The van der Waals surface area contributed by atoms with Gasteiger partial charge in [-0.05, 0) is 85.5 Å². The van der Waals surface area contributed by atoms with Crippen molar-refractivity contribution in [2.24, 2.45) is 17.8 Å². The number of ether oxygens (including phenoxy) is 2. The van der Waals surface area contributed by atoms with Crippen LogP contribution in [-0.2, 0) is 19.7 Å². The van der Waals surface area contributed by atoms with Gasteiger partial charge in [-0.3, -0.25) is 4.79 Å². The molecule has 4 aliphatic carbocycles. The van der Waals surface area contributed by atoms with E-state index in [0.29, 0.717) is 0 Å². The molecule has 0 atom stereocenters. The average Bonchev–Trinajstić information content (AvgIpc) is 2.66. The molecule has 0 heterocycles. The summed E-state index contributed by atoms with van der Waals surface area (Å²) in [5.41, 5.74) is 2.25. The van der Waals surface area contributed by atoms with E-state index in [1.807, 2.05) is 6.07 Å². The lowest BCUT2D eigenvalue weighted by molar-refractivity contribution is -0.141. The Hall–Kier alpha value is -1.82. The number of benzene rings is 1. The van der Waals surface area contributed by atoms with E-state index < -0.39 is 11.9 Å². The van der Waals surface area contributed by atoms with Crippen LogP contribution in [0.15, 0.2) is 22.2 Å². The van der Waals surface area contributed by atoms with Crippen molar-refractivity contribution in [1.82, 2.24) is 0 Å². The zero-order chi connectivity index (χ0) is 20.8. The van der Waals surface area contributed by atoms with E-state index in [1.54, 1.807) is 13.2 Å². The van der Waals surface area contributed by atoms with Crippen LogP contribution in [0.3, 0.4) is 0 Å². The number of carbonyl (C=O) groups excluding carboxylic acids is 1. The van der Waals surface area contributed by atoms with Crippen LogP contribution in [0.2, 0.25) is 0 Å². The van der Waals surface area contributed by atoms with Crippen LogP contribution in [0.25, 0.3) is 6.08 Å². The lowest BCUT2D eigenvalue weighted by Gasteiger charge is -2.57. The fourth-order valence-electron chi connectivity index (χ4n) is 6.37. The number of esters is 1. The van der Waals surface area contributed by atoms with Crippen LogP contribution < -0.4 is 4.74 Å². The summed E-state index contributed by atoms with van der Waals surface area (Å²) in [6.07, 6.45) is 8.91. The van der Waals surface area contributed by atoms with Crippen molar-refractivity contribution >= 4 is 33.9 Å². The molecule has 1 N–H and O–H groups in total. The van der Waals surface area contributed by atoms with Gasteiger partial charge in [0.1, 0.15) is 5.75 Å². The van der Waals surface area contributed by atoms with Crippen molar-refractivity contribution in [1.29, 1.82) is 0 Å². The Morgan fingerprint density at radius 1 is 1.14 bits per heavy atom. The quantitative estimate of drug-likeness (QED) is 0.477. The zero-order valence-electron chi connectivity index (χ0n) is 16.9. The fourth-order valence-corrected chi connectivity index (χ4v) is 6.81. The Balaban J connectivity index is 1.79. The number of carboxylic acids is 1. The molecule has 0 amide bonds. The highest BCUT2D eigenvalue weighted by atomic mass is 79.9. The molecule has 4 saturated carbocycles. The molecule has 1 aromatic rings. The van der Waals surface area contributed by atoms with Gasteiger partial charge in [0, 0.05) is 15.6 Å². The standard InChI is InChI=1S/C23H27BrO5/c1-28-20-9-19(24)16(6-17(8-21(25)26)22(27)29-2)7-18(20)23-10-13-3-14(11-23)5-15(4-13)12-23/h6-7,9,13-15H,3-5,8,10-12H2,1-2H3,(H,25,26). The summed E-state index contributed by atoms with van der Waals surface area (Å²) in [5, 5.41) is 9.19. The van der Waals surface area contributed by atoms with E-state index in [2.05, 4.69) is 22.0 Å². The van der Waals surface area contributed by atoms with Gasteiger partial charge in [-0.15, -0.1) is 0 Å². The van der Waals surface area contributed by atoms with Crippen LogP contribution in [0.4, 0.5) is 0 Å². The van der Waals surface area contributed by atoms with Crippen molar-refractivity contribution in [3.05, 3.63) is 33.3 Å². The topological polar surface area (TPSA) is 72.8 Å². The summed E-state index contributed by atoms with van der Waals surface area (Å²) >= 11 is 3.57. The van der Waals surface area contributed by atoms with E-state index in [1.165, 1.54) is 51.2 Å². The number of hydrogen-bond donors (Lipinski definition) is 1. The van der Waals surface area contributed by atoms with Crippen LogP contribution >= 0.6 is 15.9 Å². The fraction of sp³-hybridized carbons (Fsp3) is 0.565. The van der Waals surface area contributed by atoms with E-state index in [0.717, 1.165) is 33.5 Å². The minimum absolute atomic E-state index is 0.127. The van der Waals surface area contributed by atoms with Gasteiger partial charge in [0.15, 0.2) is 0 Å². The molecule has 4 fully saturated rings. The molecule has 0 unspecified atom stereocenters. The number of halogens is 1. The number of carboxylic acid groups (broad SMARTS) is 1. The second-order valence-corrected chi connectivity index (χ2v) is 9.86. The molecule has 29 heavy (non-hydrogen) atoms. The summed E-state index contributed by atoms with van der Waals surface area (Å²) < 4.78 is 11.3. The predicted molar refractivity (Wildman–Crippen MR) is 113 cm³/mol. The molecule has 0 aliphatic heterocycles. The second kappa shape index (κ2) is 7.78. The van der Waals surface area contributed by atoms with Gasteiger partial charge in [0.2, 0.25) is 0 Å². The van der Waals surface area contributed by atoms with Gasteiger partial charge in [-0.2, -0.15) is 0 Å². The normalized spacial score (nSPS) is 30.3. The Bertz CT molecular complexity index is 837. The molecule has 0 saturated heterocycles. The maximum Gasteiger partial charge on any atom is 0.334 e. The first-order valence-corrected chi connectivity index (χ1v) is 11.0. The highest BCUT2D eigenvalue weighted by Crippen LogP contribution is 2.62. The highest BCUT2D eigenvalue weighted by molar-refractivity contribution is 9.10. The molecule has 4 bridgehead atoms. The van der Waals surface area contributed by atoms with E-state index in [4.69, 9.17) is 9.47 Å². The van der Waals surface area contributed by atoms with E-state index in [9.17, 15) is 14.7 Å². The molecule has 4 aliphatic rings. The third-order valence-electron chi connectivity index (χ3n) is 7.05. The minimum Gasteiger partial charge on any atom is -0.496 e. The first-order chi connectivity index (χ1) is 13.8. The molecule has 0 spiro atoms. The maximum absolute atomic E-state index is 12.1. The van der Waals surface area contributed by atoms with Crippen molar-refractivity contribution in [2.45, 2.75) is 50.4 Å². The van der Waals surface area contributed by atoms with Crippen LogP contribution in [0.5, 0.6) is 5.75 Å². The van der Waals surface area contributed by atoms with Gasteiger partial charge in [-0.25, -0.2) is 4.79 Å². The van der Waals surface area contributed by atoms with Crippen LogP contribution in [-0.4, -0.2) is 31.3 Å². The molecule has 5 rings (SSSR count). The van der Waals surface area contributed by atoms with Gasteiger partial charge >= 0.3 is 11.9 Å². The van der Waals surface area contributed by atoms with Gasteiger partial charge in [0.05, 0.1) is 20.6 Å². The highest BCUT2D eigenvalue weighted by Gasteiger charge is 2.52. The lowest BCUT2D eigenvalue weighted by atomic mass is 9.48. The Labute approximate surface area is 179 Å². The molecular formula is C23H27BrO5. The maximum atomic E-state index is 12.1. The molecule has 0 radical (unpaired) electrons. The SMILES string of the molecule is COC(=O)C(=Cc1cc(C23CC4CC(CC(C4)C2)C3)c(OC)cc1Br)CC(=O)O. The van der Waals surface area contributed by atoms with E-state index >= 15 is 0 Å². The monoisotopic (exact) mass is 462 g/mol. The smallest absolute Gasteiger partial charge is 0.334 e. The number of hydrogen-bond acceptors (Lipinski definition) is 4. The number of methoxy groups -OCH3 is 2. The summed E-state index contributed by atoms with van der Waals surface area (Å²) in [7, 11) is 2.97. The minimum atomic E-state index is -1.06. The molecule has 0 aromatic heterocycles. The predicted octanol–water partition coefficient (Wildman–Crippen LogP) is 4.96. The average molecular weight is 463 g/mol. The summed E-state index contributed by atoms with van der Waals surface area (Å²) in [6.45, 7) is 0. The van der Waals surface area contributed by atoms with Crippen molar-refractivity contribution in [2.75, 3.05) is 14.2 Å². The summed E-state index contributed by atoms with van der Waals surface area (Å²) in [5.74, 6) is 1.58. The van der Waals surface area contributed by atoms with Gasteiger partial charge < -0.3 is 14.6 Å². The van der Waals surface area contributed by atoms with Crippen LogP contribution in [0, 0.1) is 17.8 Å². The zero-order valence-corrected chi connectivity index (χ0v) is 18.5. The lowest BCUT2D eigenvalue weighted by Crippen LogP contribution is -2.48. The Kier molecular flexibility index (Phi) is 5.49. The Morgan fingerprint density at radius 3 is 2.21 bits per heavy atom. The Morgan fingerprint density at radius 2 is 1.72 bits per heavy atom. The molecule has 156 valence electrons. The van der Waals surface area contributed by atoms with Crippen molar-refractivity contribution < 1.29 is 24.2 Å². The van der Waals surface area contributed by atoms with E-state index in [-0.39, 0.29) is 17.4 Å². The van der Waals surface area contributed by atoms with Crippen molar-refractivity contribution in [3.63, 3.8) is 0 Å². The van der Waals surface area contributed by atoms with Gasteiger partial charge in [-0.1, -0.05) is 15.9 Å². The molecule has 1 aromatic carbocycles. The first-order valence-electron chi connectivity index (χ1n) is 10.2. The molecule has 6 heteroatoms.